The number of hydrogen-bond donors (Lipinski definition) is 1. The maximum absolute atomic E-state index is 6.29. The lowest BCUT2D eigenvalue weighted by molar-refractivity contribution is 0.713. The fourth-order valence-electron chi connectivity index (χ4n) is 2.18. The van der Waals surface area contributed by atoms with Crippen LogP contribution in [0.1, 0.15) is 28.3 Å². The molecule has 0 amide bonds. The molecule has 1 aromatic carbocycles. The molecule has 1 nitrogen and oxygen atoms in total. The van der Waals surface area contributed by atoms with Crippen molar-refractivity contribution in [3.8, 4) is 0 Å². The van der Waals surface area contributed by atoms with Gasteiger partial charge in [-0.25, -0.2) is 0 Å². The second-order valence-electron chi connectivity index (χ2n) is 4.25. The zero-order valence-electron chi connectivity index (χ0n) is 9.73. The van der Waals surface area contributed by atoms with Crippen molar-refractivity contribution in [2.75, 3.05) is 0 Å². The molecule has 2 rings (SSSR count). The van der Waals surface area contributed by atoms with Crippen LogP contribution in [0.4, 0.5) is 0 Å². The van der Waals surface area contributed by atoms with Gasteiger partial charge in [-0.3, -0.25) is 0 Å². The van der Waals surface area contributed by atoms with Gasteiger partial charge < -0.3 is 5.73 Å². The highest BCUT2D eigenvalue weighted by molar-refractivity contribution is 7.07. The molecule has 2 N–H and O–H groups in total. The Balaban J connectivity index is 2.24. The number of aryl methyl sites for hydroxylation is 2. The Morgan fingerprint density at radius 2 is 1.88 bits per heavy atom. The van der Waals surface area contributed by atoms with Crippen molar-refractivity contribution < 1.29 is 0 Å². The first-order valence-corrected chi connectivity index (χ1v) is 6.45. The molecule has 16 heavy (non-hydrogen) atoms. The second kappa shape index (κ2) is 4.81. The first-order chi connectivity index (χ1) is 7.68. The van der Waals surface area contributed by atoms with Crippen LogP contribution in [-0.4, -0.2) is 0 Å². The third kappa shape index (κ3) is 2.34. The van der Waals surface area contributed by atoms with Gasteiger partial charge in [-0.15, -0.1) is 0 Å². The summed E-state index contributed by atoms with van der Waals surface area (Å²) in [6.07, 6.45) is 0.926. The molecule has 0 fully saturated rings. The highest BCUT2D eigenvalue weighted by atomic mass is 32.1. The molecule has 0 bridgehead atoms. The van der Waals surface area contributed by atoms with Crippen LogP contribution in [0, 0.1) is 13.8 Å². The monoisotopic (exact) mass is 231 g/mol. The molecule has 2 aromatic rings. The van der Waals surface area contributed by atoms with Gasteiger partial charge in [0.1, 0.15) is 0 Å². The molecule has 0 saturated carbocycles. The summed E-state index contributed by atoms with van der Waals surface area (Å²) in [5.74, 6) is 0. The summed E-state index contributed by atoms with van der Waals surface area (Å²) in [6.45, 7) is 4.27. The minimum Gasteiger partial charge on any atom is -0.324 e. The lowest BCUT2D eigenvalue weighted by atomic mass is 9.93. The molecule has 0 spiro atoms. The summed E-state index contributed by atoms with van der Waals surface area (Å²) in [7, 11) is 0. The molecule has 84 valence electrons. The van der Waals surface area contributed by atoms with E-state index in [9.17, 15) is 0 Å². The molecule has 1 unspecified atom stereocenters. The SMILES string of the molecule is Cc1cccc(C)c1C(N)Cc1ccsc1. The van der Waals surface area contributed by atoms with Gasteiger partial charge in [-0.05, 0) is 59.3 Å². The van der Waals surface area contributed by atoms with E-state index in [0.717, 1.165) is 6.42 Å². The molecule has 1 atom stereocenters. The van der Waals surface area contributed by atoms with Gasteiger partial charge in [0.2, 0.25) is 0 Å². The van der Waals surface area contributed by atoms with E-state index in [0.29, 0.717) is 0 Å². The largest absolute Gasteiger partial charge is 0.324 e. The maximum Gasteiger partial charge on any atom is 0.0341 e. The van der Waals surface area contributed by atoms with Crippen molar-refractivity contribution >= 4 is 11.3 Å². The molecule has 1 aromatic heterocycles. The molecule has 1 heterocycles. The second-order valence-corrected chi connectivity index (χ2v) is 5.03. The molecule has 2 heteroatoms. The number of hydrogen-bond acceptors (Lipinski definition) is 2. The Hall–Kier alpha value is -1.12. The third-order valence-electron chi connectivity index (χ3n) is 2.95. The van der Waals surface area contributed by atoms with Gasteiger partial charge in [-0.1, -0.05) is 18.2 Å². The van der Waals surface area contributed by atoms with Gasteiger partial charge >= 0.3 is 0 Å². The number of nitrogens with two attached hydrogens (primary N) is 1. The minimum absolute atomic E-state index is 0.107. The Bertz CT molecular complexity index is 439. The van der Waals surface area contributed by atoms with Crippen molar-refractivity contribution in [3.05, 3.63) is 57.3 Å². The standard InChI is InChI=1S/C14H17NS/c1-10-4-3-5-11(2)14(10)13(15)8-12-6-7-16-9-12/h3-7,9,13H,8,15H2,1-2H3. The van der Waals surface area contributed by atoms with E-state index in [4.69, 9.17) is 5.73 Å². The summed E-state index contributed by atoms with van der Waals surface area (Å²) in [4.78, 5) is 0. The summed E-state index contributed by atoms with van der Waals surface area (Å²) >= 11 is 1.73. The van der Waals surface area contributed by atoms with Gasteiger partial charge in [0.15, 0.2) is 0 Å². The van der Waals surface area contributed by atoms with Gasteiger partial charge in [-0.2, -0.15) is 11.3 Å². The molecule has 0 saturated heterocycles. The Morgan fingerprint density at radius 1 is 1.19 bits per heavy atom. The first-order valence-electron chi connectivity index (χ1n) is 5.51. The van der Waals surface area contributed by atoms with E-state index < -0.39 is 0 Å². The Kier molecular flexibility index (Phi) is 3.42. The summed E-state index contributed by atoms with van der Waals surface area (Å²) in [5, 5.41) is 4.28. The molecular formula is C14H17NS. The summed E-state index contributed by atoms with van der Waals surface area (Å²) < 4.78 is 0. The zero-order chi connectivity index (χ0) is 11.5. The van der Waals surface area contributed by atoms with Crippen LogP contribution >= 0.6 is 11.3 Å². The minimum atomic E-state index is 0.107. The average molecular weight is 231 g/mol. The van der Waals surface area contributed by atoms with Crippen molar-refractivity contribution in [2.24, 2.45) is 5.73 Å². The lowest BCUT2D eigenvalue weighted by Gasteiger charge is -2.16. The van der Waals surface area contributed by atoms with E-state index in [1.807, 2.05) is 0 Å². The van der Waals surface area contributed by atoms with Crippen LogP contribution in [0.15, 0.2) is 35.0 Å². The normalized spacial score (nSPS) is 12.7. The van der Waals surface area contributed by atoms with E-state index in [2.05, 4.69) is 48.9 Å². The Labute approximate surface area is 101 Å². The number of rotatable bonds is 3. The van der Waals surface area contributed by atoms with Gasteiger partial charge in [0.25, 0.3) is 0 Å². The van der Waals surface area contributed by atoms with Gasteiger partial charge in [0.05, 0.1) is 0 Å². The van der Waals surface area contributed by atoms with Gasteiger partial charge in [0, 0.05) is 6.04 Å². The Morgan fingerprint density at radius 3 is 2.44 bits per heavy atom. The summed E-state index contributed by atoms with van der Waals surface area (Å²) in [6, 6.07) is 8.62. The summed E-state index contributed by atoms with van der Waals surface area (Å²) in [5.41, 5.74) is 11.5. The van der Waals surface area contributed by atoms with Crippen molar-refractivity contribution in [3.63, 3.8) is 0 Å². The molecule has 0 radical (unpaired) electrons. The highest BCUT2D eigenvalue weighted by Gasteiger charge is 2.12. The highest BCUT2D eigenvalue weighted by Crippen LogP contribution is 2.23. The van der Waals surface area contributed by atoms with E-state index in [1.54, 1.807) is 11.3 Å². The predicted molar refractivity (Wildman–Crippen MR) is 70.9 cm³/mol. The quantitative estimate of drug-likeness (QED) is 0.858. The number of benzene rings is 1. The topological polar surface area (TPSA) is 26.0 Å². The van der Waals surface area contributed by atoms with Crippen molar-refractivity contribution in [1.82, 2.24) is 0 Å². The molecule has 0 aliphatic heterocycles. The van der Waals surface area contributed by atoms with Crippen LogP contribution < -0.4 is 5.73 Å². The maximum atomic E-state index is 6.29. The van der Waals surface area contributed by atoms with Crippen LogP contribution in [-0.2, 0) is 6.42 Å². The van der Waals surface area contributed by atoms with Crippen LogP contribution in [0.3, 0.4) is 0 Å². The molecule has 0 aliphatic carbocycles. The van der Waals surface area contributed by atoms with Crippen LogP contribution in [0.5, 0.6) is 0 Å². The smallest absolute Gasteiger partial charge is 0.0341 e. The van der Waals surface area contributed by atoms with Crippen LogP contribution in [0.2, 0.25) is 0 Å². The number of thiophene rings is 1. The van der Waals surface area contributed by atoms with E-state index in [1.165, 1.54) is 22.3 Å². The van der Waals surface area contributed by atoms with Crippen molar-refractivity contribution in [2.45, 2.75) is 26.3 Å². The van der Waals surface area contributed by atoms with Crippen LogP contribution in [0.25, 0.3) is 0 Å². The fraction of sp³-hybridized carbons (Fsp3) is 0.286. The predicted octanol–water partition coefficient (Wildman–Crippen LogP) is 3.61. The molecule has 0 aliphatic rings. The third-order valence-corrected chi connectivity index (χ3v) is 3.68. The first kappa shape index (κ1) is 11.4. The van der Waals surface area contributed by atoms with E-state index in [-0.39, 0.29) is 6.04 Å². The van der Waals surface area contributed by atoms with E-state index >= 15 is 0 Å². The average Bonchev–Trinajstić information content (AvgIpc) is 2.70. The van der Waals surface area contributed by atoms with Crippen molar-refractivity contribution in [1.29, 1.82) is 0 Å². The fourth-order valence-corrected chi connectivity index (χ4v) is 2.86. The molecular weight excluding hydrogens is 214 g/mol. The lowest BCUT2D eigenvalue weighted by Crippen LogP contribution is -2.15. The zero-order valence-corrected chi connectivity index (χ0v) is 10.6.